The van der Waals surface area contributed by atoms with E-state index >= 15 is 13.2 Å². The molecular weight excluding hydrogens is 754 g/mol. The first-order chi connectivity index (χ1) is 27.7. The van der Waals surface area contributed by atoms with Crippen molar-refractivity contribution in [2.75, 3.05) is 27.2 Å². The molecule has 2 aliphatic heterocycles. The standard InChI is InChI=1S/C42H55F3N8O5/c1-7-33(48-39(55)21(3)46-5)41(57)52-19-23(43)15-24(52)17-29-27-11-9-13-31(44)35(27)50-37(29)38-30(28-12-10-14-32(45)36(28)51-38)18-25-16-26(54)20-53(25)42(58)34(8-2)49-40(56)22(4)47-6/h9-14,21-26,33-34,46-47,50-51,54H,7-8,15-20H2,1-6H3,(H,48,55)(H,49,56)/t21-,22-,23-,24-,25-,26-,33-,34-/m0/s1. The topological polar surface area (TPSA) is 175 Å². The molecule has 2 saturated heterocycles. The average Bonchev–Trinajstić information content (AvgIpc) is 3.98. The normalized spacial score (nSPS) is 21.7. The van der Waals surface area contributed by atoms with Gasteiger partial charge in [0.2, 0.25) is 23.6 Å². The second kappa shape index (κ2) is 17.9. The van der Waals surface area contributed by atoms with Crippen molar-refractivity contribution in [3.05, 3.63) is 59.2 Å². The Morgan fingerprint density at radius 1 is 0.741 bits per heavy atom. The number of halogens is 3. The molecule has 314 valence electrons. The quantitative estimate of drug-likeness (QED) is 0.0962. The maximum atomic E-state index is 15.6. The number of likely N-dealkylation sites (N-methyl/N-ethyl adjacent to an activating group) is 2. The number of para-hydroxylation sites is 2. The van der Waals surface area contributed by atoms with Gasteiger partial charge >= 0.3 is 0 Å². The molecule has 4 aromatic rings. The summed E-state index contributed by atoms with van der Waals surface area (Å²) in [6, 6.07) is 5.22. The lowest BCUT2D eigenvalue weighted by Crippen LogP contribution is -2.53. The average molecular weight is 809 g/mol. The van der Waals surface area contributed by atoms with Gasteiger partial charge in [0.05, 0.1) is 47.2 Å². The zero-order chi connectivity index (χ0) is 42.0. The number of fused-ring (bicyclic) bond motifs is 2. The van der Waals surface area contributed by atoms with Crippen molar-refractivity contribution in [3.8, 4) is 11.4 Å². The van der Waals surface area contributed by atoms with Gasteiger partial charge < -0.3 is 46.1 Å². The van der Waals surface area contributed by atoms with Crippen molar-refractivity contribution >= 4 is 45.4 Å². The number of carbonyl (C=O) groups is 4. The van der Waals surface area contributed by atoms with Crippen molar-refractivity contribution in [2.24, 2.45) is 0 Å². The number of carbonyl (C=O) groups excluding carboxylic acids is 4. The van der Waals surface area contributed by atoms with Gasteiger partial charge in [0.25, 0.3) is 0 Å². The third-order valence-corrected chi connectivity index (χ3v) is 11.9. The molecule has 0 saturated carbocycles. The third-order valence-electron chi connectivity index (χ3n) is 11.9. The molecule has 0 spiro atoms. The highest BCUT2D eigenvalue weighted by molar-refractivity contribution is 5.97. The summed E-state index contributed by atoms with van der Waals surface area (Å²) in [6.07, 6.45) is -1.08. The van der Waals surface area contributed by atoms with Gasteiger partial charge in [0.1, 0.15) is 29.9 Å². The van der Waals surface area contributed by atoms with Crippen LogP contribution in [0.2, 0.25) is 0 Å². The second-order valence-electron chi connectivity index (χ2n) is 15.7. The summed E-state index contributed by atoms with van der Waals surface area (Å²) in [6.45, 7) is 6.77. The number of aliphatic hydroxyl groups excluding tert-OH is 1. The second-order valence-corrected chi connectivity index (χ2v) is 15.7. The maximum absolute atomic E-state index is 15.6. The van der Waals surface area contributed by atoms with Gasteiger partial charge in [-0.1, -0.05) is 38.1 Å². The Morgan fingerprint density at radius 3 is 1.60 bits per heavy atom. The molecular formula is C42H55F3N8O5. The number of nitrogens with one attached hydrogen (secondary N) is 6. The van der Waals surface area contributed by atoms with Crippen LogP contribution in [-0.2, 0) is 32.0 Å². The summed E-state index contributed by atoms with van der Waals surface area (Å²) in [4.78, 5) is 63.1. The number of aromatic nitrogens is 2. The van der Waals surface area contributed by atoms with E-state index in [1.165, 1.54) is 17.0 Å². The Balaban J connectivity index is 1.41. The lowest BCUT2D eigenvalue weighted by atomic mass is 9.94. The van der Waals surface area contributed by atoms with Crippen molar-refractivity contribution < 1.29 is 37.5 Å². The van der Waals surface area contributed by atoms with Crippen LogP contribution < -0.4 is 21.3 Å². The number of hydrogen-bond acceptors (Lipinski definition) is 7. The summed E-state index contributed by atoms with van der Waals surface area (Å²) in [5.74, 6) is -2.55. The molecule has 58 heavy (non-hydrogen) atoms. The minimum atomic E-state index is -1.34. The number of aliphatic hydroxyl groups is 1. The van der Waals surface area contributed by atoms with E-state index < -0.39 is 66.1 Å². The van der Waals surface area contributed by atoms with Gasteiger partial charge in [-0.25, -0.2) is 13.2 Å². The number of rotatable bonds is 15. The highest BCUT2D eigenvalue weighted by Crippen LogP contribution is 2.40. The minimum absolute atomic E-state index is 0.0118. The number of alkyl halides is 1. The number of β-amino-alcohol motifs (C(OH)–C–C–N with tert-alkyl or cyclic N) is 1. The lowest BCUT2D eigenvalue weighted by Gasteiger charge is -2.30. The number of nitrogens with zero attached hydrogens (tertiary/aromatic N) is 2. The van der Waals surface area contributed by atoms with E-state index in [0.717, 1.165) is 0 Å². The molecule has 0 aliphatic carbocycles. The molecule has 2 aromatic heterocycles. The smallest absolute Gasteiger partial charge is 0.245 e. The Bertz CT molecular complexity index is 2010. The van der Waals surface area contributed by atoms with Gasteiger partial charge in [-0.15, -0.1) is 0 Å². The van der Waals surface area contributed by atoms with E-state index in [1.807, 2.05) is 0 Å². The number of likely N-dealkylation sites (tertiary alicyclic amines) is 2. The van der Waals surface area contributed by atoms with Crippen LogP contribution >= 0.6 is 0 Å². The van der Waals surface area contributed by atoms with Crippen LogP contribution in [-0.4, -0.2) is 124 Å². The number of H-pyrrole nitrogens is 2. The molecule has 8 atom stereocenters. The Hall–Kier alpha value is -4.93. The molecule has 2 aromatic carbocycles. The molecule has 0 bridgehead atoms. The fraction of sp³-hybridized carbons (Fsp3) is 0.524. The summed E-state index contributed by atoms with van der Waals surface area (Å²) in [5.41, 5.74) is 2.39. The number of aromatic amines is 2. The van der Waals surface area contributed by atoms with Gasteiger partial charge in [-0.3, -0.25) is 19.2 Å². The highest BCUT2D eigenvalue weighted by atomic mass is 19.1. The van der Waals surface area contributed by atoms with Gasteiger partial charge in [-0.2, -0.15) is 0 Å². The van der Waals surface area contributed by atoms with E-state index in [4.69, 9.17) is 0 Å². The van der Waals surface area contributed by atoms with E-state index in [-0.39, 0.29) is 73.9 Å². The van der Waals surface area contributed by atoms with Crippen molar-refractivity contribution in [1.82, 2.24) is 41.0 Å². The first-order valence-electron chi connectivity index (χ1n) is 20.2. The largest absolute Gasteiger partial charge is 0.391 e. The fourth-order valence-corrected chi connectivity index (χ4v) is 8.41. The molecule has 2 fully saturated rings. The third kappa shape index (κ3) is 8.45. The fourth-order valence-electron chi connectivity index (χ4n) is 8.41. The highest BCUT2D eigenvalue weighted by Gasteiger charge is 2.41. The lowest BCUT2D eigenvalue weighted by molar-refractivity contribution is -0.138. The number of benzene rings is 2. The molecule has 2 aliphatic rings. The van der Waals surface area contributed by atoms with Gasteiger partial charge in [0, 0.05) is 35.8 Å². The summed E-state index contributed by atoms with van der Waals surface area (Å²) in [5, 5.41) is 23.3. The van der Waals surface area contributed by atoms with Crippen LogP contribution in [0.4, 0.5) is 13.2 Å². The van der Waals surface area contributed by atoms with E-state index in [0.29, 0.717) is 39.7 Å². The van der Waals surface area contributed by atoms with Crippen LogP contribution in [0, 0.1) is 11.6 Å². The van der Waals surface area contributed by atoms with Crippen LogP contribution in [0.15, 0.2) is 36.4 Å². The summed E-state index contributed by atoms with van der Waals surface area (Å²) in [7, 11) is 3.28. The Labute approximate surface area is 335 Å². The van der Waals surface area contributed by atoms with E-state index in [2.05, 4.69) is 31.2 Å². The molecule has 4 heterocycles. The molecule has 0 unspecified atom stereocenters. The van der Waals surface area contributed by atoms with Crippen molar-refractivity contribution in [3.63, 3.8) is 0 Å². The predicted molar refractivity (Wildman–Crippen MR) is 216 cm³/mol. The van der Waals surface area contributed by atoms with Crippen LogP contribution in [0.25, 0.3) is 33.2 Å². The van der Waals surface area contributed by atoms with Crippen molar-refractivity contribution in [2.45, 2.75) is 115 Å². The number of amides is 4. The molecule has 4 amide bonds. The predicted octanol–water partition coefficient (Wildman–Crippen LogP) is 3.59. The zero-order valence-corrected chi connectivity index (χ0v) is 33.8. The molecule has 6 rings (SSSR count). The first-order valence-corrected chi connectivity index (χ1v) is 20.2. The summed E-state index contributed by atoms with van der Waals surface area (Å²) < 4.78 is 46.6. The molecule has 16 heteroatoms. The van der Waals surface area contributed by atoms with Crippen molar-refractivity contribution in [1.29, 1.82) is 0 Å². The van der Waals surface area contributed by atoms with Crippen LogP contribution in [0.3, 0.4) is 0 Å². The zero-order valence-electron chi connectivity index (χ0n) is 33.8. The molecule has 13 nitrogen and oxygen atoms in total. The number of hydrogen-bond donors (Lipinski definition) is 7. The minimum Gasteiger partial charge on any atom is -0.391 e. The first kappa shape index (κ1) is 42.7. The van der Waals surface area contributed by atoms with E-state index in [9.17, 15) is 24.3 Å². The van der Waals surface area contributed by atoms with Gasteiger partial charge in [-0.05, 0) is 83.3 Å². The SMILES string of the molecule is CC[C@H](NC(=O)[C@H](C)NC)C(=O)N1C[C@@H](O)C[C@H]1Cc1c(-c2[nH]c3c(F)cccc3c2C[C@@H]2C[C@H](F)CN2C(=O)[C@H](CC)NC(=O)[C@H](C)NC)[nH]c2c(F)cccc12. The maximum Gasteiger partial charge on any atom is 0.245 e. The van der Waals surface area contributed by atoms with Crippen LogP contribution in [0.5, 0.6) is 0 Å². The van der Waals surface area contributed by atoms with E-state index in [1.54, 1.807) is 71.0 Å². The van der Waals surface area contributed by atoms with Crippen LogP contribution in [0.1, 0.15) is 64.5 Å². The Morgan fingerprint density at radius 2 is 1.17 bits per heavy atom. The molecule has 7 N–H and O–H groups in total. The van der Waals surface area contributed by atoms with Gasteiger partial charge in [0.15, 0.2) is 0 Å². The Kier molecular flexibility index (Phi) is 13.2. The summed E-state index contributed by atoms with van der Waals surface area (Å²) >= 11 is 0. The monoisotopic (exact) mass is 808 g/mol. The molecule has 0 radical (unpaired) electrons.